The van der Waals surface area contributed by atoms with Gasteiger partial charge < -0.3 is 4.90 Å². The fourth-order valence-electron chi connectivity index (χ4n) is 10.2. The Morgan fingerprint density at radius 2 is 0.883 bits per heavy atom. The van der Waals surface area contributed by atoms with Gasteiger partial charge in [0, 0.05) is 22.2 Å². The summed E-state index contributed by atoms with van der Waals surface area (Å²) in [6.45, 7) is 4.70. The van der Waals surface area contributed by atoms with Gasteiger partial charge >= 0.3 is 0 Å². The van der Waals surface area contributed by atoms with E-state index in [9.17, 15) is 0 Å². The Kier molecular flexibility index (Phi) is 7.65. The third kappa shape index (κ3) is 5.26. The van der Waals surface area contributed by atoms with Gasteiger partial charge in [-0.2, -0.15) is 0 Å². The Hall–Kier alpha value is -7.48. The highest BCUT2D eigenvalue weighted by Crippen LogP contribution is 2.51. The molecule has 0 amide bonds. The molecule has 1 heteroatoms. The van der Waals surface area contributed by atoms with E-state index in [1.165, 1.54) is 98.4 Å². The average molecular weight is 764 g/mol. The first-order valence-electron chi connectivity index (χ1n) is 21.0. The summed E-state index contributed by atoms with van der Waals surface area (Å²) in [5.74, 6) is 0. The summed E-state index contributed by atoms with van der Waals surface area (Å²) in [7, 11) is 0. The SMILES string of the molecule is CC1(C)c2ccccc2-c2cc(N(c3ccc(-c4ccc5ccc6ccc7ccc8ccccc8c7c6c5c4)cc3)c3ccc(-c4ccccc4)c4ccccc34)ccc21. The predicted octanol–water partition coefficient (Wildman–Crippen LogP) is 16.6. The van der Waals surface area contributed by atoms with E-state index >= 15 is 0 Å². The Morgan fingerprint density at radius 3 is 1.67 bits per heavy atom. The van der Waals surface area contributed by atoms with Crippen molar-refractivity contribution in [3.05, 3.63) is 223 Å². The number of hydrogen-bond donors (Lipinski definition) is 0. The van der Waals surface area contributed by atoms with E-state index in [1.54, 1.807) is 0 Å². The summed E-state index contributed by atoms with van der Waals surface area (Å²) in [6.07, 6.45) is 0. The third-order valence-electron chi connectivity index (χ3n) is 13.2. The van der Waals surface area contributed by atoms with E-state index in [4.69, 9.17) is 0 Å². The van der Waals surface area contributed by atoms with Crippen molar-refractivity contribution in [2.24, 2.45) is 0 Å². The summed E-state index contributed by atoms with van der Waals surface area (Å²) < 4.78 is 0. The highest BCUT2D eigenvalue weighted by molar-refractivity contribution is 6.27. The summed E-state index contributed by atoms with van der Waals surface area (Å²) in [5, 5.41) is 12.7. The van der Waals surface area contributed by atoms with Crippen LogP contribution in [0.15, 0.2) is 212 Å². The van der Waals surface area contributed by atoms with Crippen LogP contribution < -0.4 is 4.90 Å². The van der Waals surface area contributed by atoms with Crippen LogP contribution in [0, 0.1) is 0 Å². The summed E-state index contributed by atoms with van der Waals surface area (Å²) in [4.78, 5) is 2.46. The van der Waals surface area contributed by atoms with Gasteiger partial charge in [-0.15, -0.1) is 0 Å². The molecule has 11 aromatic carbocycles. The molecule has 1 nitrogen and oxygen atoms in total. The van der Waals surface area contributed by atoms with Crippen molar-refractivity contribution < 1.29 is 0 Å². The number of benzene rings is 11. The minimum absolute atomic E-state index is 0.0640. The van der Waals surface area contributed by atoms with Gasteiger partial charge in [-0.1, -0.05) is 190 Å². The molecular weight excluding hydrogens is 723 g/mol. The molecule has 12 rings (SSSR count). The molecule has 0 spiro atoms. The molecule has 0 radical (unpaired) electrons. The molecule has 60 heavy (non-hydrogen) atoms. The molecule has 0 aliphatic heterocycles. The van der Waals surface area contributed by atoms with Crippen LogP contribution in [-0.4, -0.2) is 0 Å². The van der Waals surface area contributed by atoms with Gasteiger partial charge in [0.05, 0.1) is 5.69 Å². The zero-order valence-corrected chi connectivity index (χ0v) is 33.7. The van der Waals surface area contributed by atoms with Gasteiger partial charge in [-0.25, -0.2) is 0 Å². The van der Waals surface area contributed by atoms with Gasteiger partial charge in [0.15, 0.2) is 0 Å². The Morgan fingerprint density at radius 1 is 0.317 bits per heavy atom. The largest absolute Gasteiger partial charge is 0.310 e. The molecule has 0 saturated carbocycles. The molecule has 0 aromatic heterocycles. The molecule has 0 atom stereocenters. The lowest BCUT2D eigenvalue weighted by molar-refractivity contribution is 0.660. The highest BCUT2D eigenvalue weighted by atomic mass is 15.1. The van der Waals surface area contributed by atoms with Crippen LogP contribution >= 0.6 is 0 Å². The number of rotatable bonds is 5. The molecule has 0 fully saturated rings. The molecule has 0 N–H and O–H groups in total. The maximum Gasteiger partial charge on any atom is 0.0540 e. The van der Waals surface area contributed by atoms with E-state index in [0.29, 0.717) is 0 Å². The smallest absolute Gasteiger partial charge is 0.0540 e. The molecule has 0 bridgehead atoms. The summed E-state index contributed by atoms with van der Waals surface area (Å²) in [5.41, 5.74) is 13.6. The van der Waals surface area contributed by atoms with Crippen LogP contribution in [0.3, 0.4) is 0 Å². The maximum absolute atomic E-state index is 2.46. The lowest BCUT2D eigenvalue weighted by Crippen LogP contribution is -2.15. The first kappa shape index (κ1) is 34.6. The van der Waals surface area contributed by atoms with Crippen molar-refractivity contribution in [3.8, 4) is 33.4 Å². The lowest BCUT2D eigenvalue weighted by atomic mass is 9.82. The number of nitrogens with zero attached hydrogens (tertiary/aromatic N) is 1. The molecular formula is C59H41N. The Labute approximate surface area is 350 Å². The minimum atomic E-state index is -0.0640. The van der Waals surface area contributed by atoms with Crippen LogP contribution in [-0.2, 0) is 5.41 Å². The van der Waals surface area contributed by atoms with Crippen LogP contribution in [0.2, 0.25) is 0 Å². The van der Waals surface area contributed by atoms with E-state index in [1.807, 2.05) is 0 Å². The molecule has 0 heterocycles. The summed E-state index contributed by atoms with van der Waals surface area (Å²) >= 11 is 0. The molecule has 0 unspecified atom stereocenters. The number of hydrogen-bond acceptors (Lipinski definition) is 1. The molecule has 282 valence electrons. The normalized spacial score (nSPS) is 13.0. The van der Waals surface area contributed by atoms with E-state index in [0.717, 1.165) is 17.1 Å². The first-order chi connectivity index (χ1) is 29.5. The topological polar surface area (TPSA) is 3.24 Å². The second kappa shape index (κ2) is 13.3. The van der Waals surface area contributed by atoms with Crippen molar-refractivity contribution in [2.45, 2.75) is 19.3 Å². The minimum Gasteiger partial charge on any atom is -0.310 e. The first-order valence-corrected chi connectivity index (χ1v) is 21.0. The lowest BCUT2D eigenvalue weighted by Gasteiger charge is -2.29. The van der Waals surface area contributed by atoms with E-state index in [2.05, 4.69) is 231 Å². The average Bonchev–Trinajstić information content (AvgIpc) is 3.54. The zero-order chi connectivity index (χ0) is 40.0. The van der Waals surface area contributed by atoms with Gasteiger partial charge in [0.1, 0.15) is 0 Å². The highest BCUT2D eigenvalue weighted by Gasteiger charge is 2.35. The zero-order valence-electron chi connectivity index (χ0n) is 33.7. The van der Waals surface area contributed by atoms with Gasteiger partial charge in [-0.3, -0.25) is 0 Å². The fraction of sp³-hybridized carbons (Fsp3) is 0.0508. The monoisotopic (exact) mass is 763 g/mol. The molecule has 1 aliphatic carbocycles. The van der Waals surface area contributed by atoms with Crippen LogP contribution in [0.25, 0.3) is 87.2 Å². The second-order valence-electron chi connectivity index (χ2n) is 16.9. The van der Waals surface area contributed by atoms with Gasteiger partial charge in [0.2, 0.25) is 0 Å². The van der Waals surface area contributed by atoms with Crippen molar-refractivity contribution in [1.29, 1.82) is 0 Å². The number of fused-ring (bicyclic) bond motifs is 11. The van der Waals surface area contributed by atoms with Gasteiger partial charge in [-0.05, 0) is 129 Å². The second-order valence-corrected chi connectivity index (χ2v) is 16.9. The molecule has 11 aromatic rings. The Bertz CT molecular complexity index is 3490. The van der Waals surface area contributed by atoms with Crippen molar-refractivity contribution in [3.63, 3.8) is 0 Å². The standard InChI is InChI=1S/C59H41N/c1-59(2)54-19-11-10-17-50(54)53-37-46(32-34-55(53)59)60(56-35-33-47(39-12-4-3-5-13-39)49-16-8-9-18-51(49)56)45-30-28-38(29-31-45)44-27-22-41-21-24-43-26-25-42-23-20-40-14-6-7-15-48(40)57(42)58(43)52(41)36-44/h3-37H,1-2H3. The quantitative estimate of drug-likeness (QED) is 0.158. The molecule has 0 saturated heterocycles. The van der Waals surface area contributed by atoms with E-state index in [-0.39, 0.29) is 5.41 Å². The van der Waals surface area contributed by atoms with Gasteiger partial charge in [0.25, 0.3) is 0 Å². The van der Waals surface area contributed by atoms with Crippen molar-refractivity contribution >= 4 is 70.9 Å². The van der Waals surface area contributed by atoms with Crippen molar-refractivity contribution in [1.82, 2.24) is 0 Å². The number of anilines is 3. The van der Waals surface area contributed by atoms with Crippen molar-refractivity contribution in [2.75, 3.05) is 4.90 Å². The van der Waals surface area contributed by atoms with E-state index < -0.39 is 0 Å². The molecule has 1 aliphatic rings. The van der Waals surface area contributed by atoms with Crippen LogP contribution in [0.4, 0.5) is 17.1 Å². The Balaban J connectivity index is 1.03. The van der Waals surface area contributed by atoms with Crippen LogP contribution in [0.1, 0.15) is 25.0 Å². The predicted molar refractivity (Wildman–Crippen MR) is 257 cm³/mol. The van der Waals surface area contributed by atoms with Crippen LogP contribution in [0.5, 0.6) is 0 Å². The maximum atomic E-state index is 2.46. The summed E-state index contributed by atoms with van der Waals surface area (Å²) in [6, 6.07) is 78.8. The third-order valence-corrected chi connectivity index (χ3v) is 13.2. The fourth-order valence-corrected chi connectivity index (χ4v) is 10.2.